The van der Waals surface area contributed by atoms with E-state index in [0.29, 0.717) is 5.56 Å². The van der Waals surface area contributed by atoms with Gasteiger partial charge in [0.15, 0.2) is 9.84 Å². The molecule has 0 amide bonds. The van der Waals surface area contributed by atoms with Gasteiger partial charge in [-0.1, -0.05) is 32.9 Å². The van der Waals surface area contributed by atoms with Gasteiger partial charge in [0.25, 0.3) is 0 Å². The van der Waals surface area contributed by atoms with Crippen LogP contribution in [-0.2, 0) is 15.3 Å². The number of phenols is 1. The Balaban J connectivity index is 0.00000225. The normalized spacial score (nSPS) is 12.0. The zero-order valence-electron chi connectivity index (χ0n) is 9.81. The summed E-state index contributed by atoms with van der Waals surface area (Å²) in [7, 11) is -3.37. The molecule has 0 bridgehead atoms. The average Bonchev–Trinajstić information content (AvgIpc) is 1.99. The van der Waals surface area contributed by atoms with E-state index < -0.39 is 9.84 Å². The van der Waals surface area contributed by atoms with Crippen LogP contribution in [0.5, 0.6) is 5.75 Å². The number of benzene rings is 1. The lowest BCUT2D eigenvalue weighted by molar-refractivity contribution is 0.432. The molecule has 0 atom stereocenters. The van der Waals surface area contributed by atoms with Crippen molar-refractivity contribution in [3.63, 3.8) is 0 Å². The van der Waals surface area contributed by atoms with Crippen LogP contribution >= 0.6 is 12.4 Å². The Kier molecular flexibility index (Phi) is 4.42. The van der Waals surface area contributed by atoms with Gasteiger partial charge in [0, 0.05) is 11.8 Å². The van der Waals surface area contributed by atoms with E-state index >= 15 is 0 Å². The van der Waals surface area contributed by atoms with E-state index in [1.165, 1.54) is 6.07 Å². The lowest BCUT2D eigenvalue weighted by Gasteiger charge is -2.21. The summed E-state index contributed by atoms with van der Waals surface area (Å²) < 4.78 is 22.7. The van der Waals surface area contributed by atoms with Crippen molar-refractivity contribution in [3.05, 3.63) is 23.8 Å². The summed E-state index contributed by atoms with van der Waals surface area (Å²) in [6.07, 6.45) is 1.09. The summed E-state index contributed by atoms with van der Waals surface area (Å²) in [5.74, 6) is -0.132. The molecule has 0 fully saturated rings. The van der Waals surface area contributed by atoms with Gasteiger partial charge in [-0.05, 0) is 11.5 Å². The third kappa shape index (κ3) is 3.12. The van der Waals surface area contributed by atoms with Crippen LogP contribution in [0.1, 0.15) is 26.3 Å². The van der Waals surface area contributed by atoms with Crippen molar-refractivity contribution in [1.29, 1.82) is 0 Å². The molecule has 1 rings (SSSR count). The minimum absolute atomic E-state index is 0. The van der Waals surface area contributed by atoms with Crippen LogP contribution in [0.2, 0.25) is 0 Å². The van der Waals surface area contributed by atoms with Gasteiger partial charge in [-0.15, -0.1) is 12.4 Å². The first-order valence-electron chi connectivity index (χ1n) is 4.66. The summed E-state index contributed by atoms with van der Waals surface area (Å²) in [5.41, 5.74) is 0.371. The van der Waals surface area contributed by atoms with E-state index in [4.69, 9.17) is 0 Å². The van der Waals surface area contributed by atoms with Gasteiger partial charge in [0.1, 0.15) is 10.6 Å². The van der Waals surface area contributed by atoms with E-state index in [1.54, 1.807) is 12.1 Å². The minimum Gasteiger partial charge on any atom is -0.506 e. The first-order chi connectivity index (χ1) is 6.64. The van der Waals surface area contributed by atoms with Crippen LogP contribution in [0.3, 0.4) is 0 Å². The van der Waals surface area contributed by atoms with Crippen LogP contribution in [0, 0.1) is 0 Å². The van der Waals surface area contributed by atoms with Gasteiger partial charge in [-0.3, -0.25) is 0 Å². The van der Waals surface area contributed by atoms with Crippen molar-refractivity contribution in [2.24, 2.45) is 0 Å². The van der Waals surface area contributed by atoms with Crippen molar-refractivity contribution in [2.45, 2.75) is 31.1 Å². The number of rotatable bonds is 1. The lowest BCUT2D eigenvalue weighted by atomic mass is 9.86. The fourth-order valence-corrected chi connectivity index (χ4v) is 2.21. The maximum atomic E-state index is 11.4. The molecule has 1 aromatic carbocycles. The molecule has 1 N–H and O–H groups in total. The number of aromatic hydroxyl groups is 1. The monoisotopic (exact) mass is 264 g/mol. The maximum absolute atomic E-state index is 11.4. The molecule has 92 valence electrons. The Hall–Kier alpha value is -0.740. The Morgan fingerprint density at radius 3 is 2.06 bits per heavy atom. The van der Waals surface area contributed by atoms with Gasteiger partial charge in [-0.25, -0.2) is 8.42 Å². The molecule has 0 spiro atoms. The second-order valence-electron chi connectivity index (χ2n) is 4.67. The van der Waals surface area contributed by atoms with Crippen molar-refractivity contribution >= 4 is 22.2 Å². The van der Waals surface area contributed by atoms with E-state index in [2.05, 4.69) is 0 Å². The van der Waals surface area contributed by atoms with Crippen molar-refractivity contribution in [3.8, 4) is 5.75 Å². The minimum atomic E-state index is -3.37. The molecule has 0 aliphatic carbocycles. The molecule has 0 unspecified atom stereocenters. The molecular formula is C11H17ClO3S. The highest BCUT2D eigenvalue weighted by Gasteiger charge is 2.23. The second kappa shape index (κ2) is 4.63. The SMILES string of the molecule is CC(C)(C)c1cccc(S(C)(=O)=O)c1O.Cl. The number of halogens is 1. The first kappa shape index (κ1) is 15.3. The molecule has 0 saturated carbocycles. The van der Waals surface area contributed by atoms with Crippen LogP contribution in [0.15, 0.2) is 23.1 Å². The molecule has 0 radical (unpaired) electrons. The summed E-state index contributed by atoms with van der Waals surface area (Å²) >= 11 is 0. The Bertz CT molecular complexity index is 472. The van der Waals surface area contributed by atoms with Crippen molar-refractivity contribution in [2.75, 3.05) is 6.26 Å². The fourth-order valence-electron chi connectivity index (χ4n) is 1.43. The standard InChI is InChI=1S/C11H16O3S.ClH/c1-11(2,3)8-6-5-7-9(10(8)12)15(4,13)14;/h5-7,12H,1-4H3;1H. The molecule has 0 heterocycles. The molecule has 16 heavy (non-hydrogen) atoms. The quantitative estimate of drug-likeness (QED) is 0.848. The summed E-state index contributed by atoms with van der Waals surface area (Å²) in [5, 5.41) is 9.88. The third-order valence-corrected chi connectivity index (χ3v) is 3.33. The second-order valence-corrected chi connectivity index (χ2v) is 6.66. The number of sulfone groups is 1. The Labute approximate surface area is 103 Å². The Morgan fingerprint density at radius 2 is 1.69 bits per heavy atom. The highest BCUT2D eigenvalue weighted by atomic mass is 35.5. The van der Waals surface area contributed by atoms with Crippen LogP contribution in [0.4, 0.5) is 0 Å². The molecule has 3 nitrogen and oxygen atoms in total. The molecular weight excluding hydrogens is 248 g/mol. The van der Waals surface area contributed by atoms with Crippen molar-refractivity contribution < 1.29 is 13.5 Å². The van der Waals surface area contributed by atoms with Crippen LogP contribution < -0.4 is 0 Å². The van der Waals surface area contributed by atoms with Crippen molar-refractivity contribution in [1.82, 2.24) is 0 Å². The topological polar surface area (TPSA) is 54.4 Å². The number of hydrogen-bond donors (Lipinski definition) is 1. The molecule has 0 aliphatic rings. The van der Waals surface area contributed by atoms with Crippen LogP contribution in [-0.4, -0.2) is 19.8 Å². The summed E-state index contributed by atoms with van der Waals surface area (Å²) in [4.78, 5) is -0.00470. The van der Waals surface area contributed by atoms with Gasteiger partial charge < -0.3 is 5.11 Å². The highest BCUT2D eigenvalue weighted by Crippen LogP contribution is 2.34. The van der Waals surface area contributed by atoms with E-state index in [1.807, 2.05) is 20.8 Å². The summed E-state index contributed by atoms with van der Waals surface area (Å²) in [6, 6.07) is 4.81. The Morgan fingerprint density at radius 1 is 1.19 bits per heavy atom. The van der Waals surface area contributed by atoms with E-state index in [0.717, 1.165) is 6.26 Å². The number of hydrogen-bond acceptors (Lipinski definition) is 3. The van der Waals surface area contributed by atoms with Gasteiger partial charge in [-0.2, -0.15) is 0 Å². The van der Waals surface area contributed by atoms with Crippen LogP contribution in [0.25, 0.3) is 0 Å². The predicted molar refractivity (Wildman–Crippen MR) is 67.2 cm³/mol. The molecule has 5 heteroatoms. The number of para-hydroxylation sites is 1. The summed E-state index contributed by atoms with van der Waals surface area (Å²) in [6.45, 7) is 5.77. The maximum Gasteiger partial charge on any atom is 0.179 e. The zero-order valence-corrected chi connectivity index (χ0v) is 11.4. The lowest BCUT2D eigenvalue weighted by Crippen LogP contribution is -2.12. The fraction of sp³-hybridized carbons (Fsp3) is 0.455. The smallest absolute Gasteiger partial charge is 0.179 e. The highest BCUT2D eigenvalue weighted by molar-refractivity contribution is 7.90. The average molecular weight is 265 g/mol. The molecule has 0 saturated heterocycles. The molecule has 1 aromatic rings. The van der Waals surface area contributed by atoms with Gasteiger partial charge >= 0.3 is 0 Å². The van der Waals surface area contributed by atoms with Gasteiger partial charge in [0.2, 0.25) is 0 Å². The third-order valence-electron chi connectivity index (χ3n) is 2.21. The number of phenolic OH excluding ortho intramolecular Hbond substituents is 1. The molecule has 0 aromatic heterocycles. The zero-order chi connectivity index (χ0) is 11.9. The predicted octanol–water partition coefficient (Wildman–Crippen LogP) is 2.52. The van der Waals surface area contributed by atoms with E-state index in [9.17, 15) is 13.5 Å². The van der Waals surface area contributed by atoms with Gasteiger partial charge in [0.05, 0.1) is 0 Å². The largest absolute Gasteiger partial charge is 0.506 e. The first-order valence-corrected chi connectivity index (χ1v) is 6.55. The molecule has 0 aliphatic heterocycles. The van der Waals surface area contributed by atoms with E-state index in [-0.39, 0.29) is 28.5 Å².